The van der Waals surface area contributed by atoms with Crippen LogP contribution in [0.15, 0.2) is 497 Å². The normalized spacial score (nSPS) is 11.9. The third-order valence-electron chi connectivity index (χ3n) is 26.3. The van der Waals surface area contributed by atoms with Crippen LogP contribution in [0.2, 0.25) is 0 Å². The number of benzene rings is 22. The van der Waals surface area contributed by atoms with Gasteiger partial charge in [-0.15, -0.1) is 34.0 Å². The molecule has 7 heterocycles. The lowest BCUT2D eigenvalue weighted by Crippen LogP contribution is -1.92. The maximum atomic E-state index is 8.63. The Balaban J connectivity index is 0.0000000998. The summed E-state index contributed by atoms with van der Waals surface area (Å²) >= 11 is 5.38. The van der Waals surface area contributed by atoms with Gasteiger partial charge < -0.3 is 38.9 Å². The van der Waals surface area contributed by atoms with Crippen LogP contribution in [0.3, 0.4) is 0 Å². The first-order valence-corrected chi connectivity index (χ1v) is 49.3. The van der Waals surface area contributed by atoms with Gasteiger partial charge >= 0.3 is 0 Å². The lowest BCUT2D eigenvalue weighted by Gasteiger charge is -2.12. The van der Waals surface area contributed by atoms with E-state index in [1.165, 1.54) is 73.4 Å². The van der Waals surface area contributed by atoms with Crippen molar-refractivity contribution in [3.05, 3.63) is 479 Å². The van der Waals surface area contributed by atoms with Crippen LogP contribution in [0.25, 0.3) is 226 Å². The highest BCUT2D eigenvalue weighted by Crippen LogP contribution is 2.49. The van der Waals surface area contributed by atoms with Crippen LogP contribution < -0.4 is 21.3 Å². The van der Waals surface area contributed by atoms with Gasteiger partial charge in [0.25, 0.3) is 0 Å². The molecule has 0 spiro atoms. The molecule has 0 saturated heterocycles. The fourth-order valence-electron chi connectivity index (χ4n) is 19.5. The van der Waals surface area contributed by atoms with Gasteiger partial charge in [-0.25, -0.2) is 4.98 Å². The van der Waals surface area contributed by atoms with Gasteiger partial charge in [-0.05, 0) is 230 Å². The van der Waals surface area contributed by atoms with Crippen molar-refractivity contribution < 1.29 is 23.2 Å². The number of hydrogen-bond donors (Lipinski definition) is 4. The predicted molar refractivity (Wildman–Crippen MR) is 600 cm³/mol. The summed E-state index contributed by atoms with van der Waals surface area (Å²) in [6.45, 7) is 0. The van der Waals surface area contributed by atoms with Crippen molar-refractivity contribution in [2.24, 2.45) is 0 Å². The van der Waals surface area contributed by atoms with E-state index >= 15 is 0 Å². The van der Waals surface area contributed by atoms with E-state index < -0.39 is 0 Å². The molecule has 0 atom stereocenters. The molecule has 7 aromatic heterocycles. The Morgan fingerprint density at radius 2 is 0.638 bits per heavy atom. The first kappa shape index (κ1) is 79.3. The van der Waals surface area contributed by atoms with Crippen LogP contribution in [0.5, 0.6) is 0 Å². The van der Waals surface area contributed by atoms with E-state index in [0.29, 0.717) is 16.4 Å². The molecule has 0 aliphatic carbocycles. The molecule has 0 unspecified atom stereocenters. The molecule has 22 aromatic carbocycles. The lowest BCUT2D eigenvalue weighted by atomic mass is 9.97. The number of rotatable bonds is 14. The van der Waals surface area contributed by atoms with E-state index in [9.17, 15) is 0 Å². The van der Waals surface area contributed by atoms with Gasteiger partial charge in [0.15, 0.2) is 0 Å². The maximum absolute atomic E-state index is 8.63. The molecule has 0 aliphatic rings. The van der Waals surface area contributed by atoms with E-state index in [4.69, 9.17) is 28.1 Å². The molecule has 0 fully saturated rings. The van der Waals surface area contributed by atoms with E-state index in [-0.39, 0.29) is 29.8 Å². The summed E-state index contributed by atoms with van der Waals surface area (Å²) in [5, 5.41) is 32.9. The Kier molecular flexibility index (Phi) is 20.2. The third-order valence-corrected chi connectivity index (χ3v) is 29.6. The smallest absolute Gasteiger partial charge is 0.145 e. The summed E-state index contributed by atoms with van der Waals surface area (Å²) < 4.78 is 65.1. The van der Waals surface area contributed by atoms with Crippen LogP contribution in [-0.4, -0.2) is 4.98 Å². The van der Waals surface area contributed by atoms with Crippen molar-refractivity contribution in [1.82, 2.24) is 4.98 Å². The van der Waals surface area contributed by atoms with Gasteiger partial charge in [-0.2, -0.15) is 0 Å². The highest BCUT2D eigenvalue weighted by Gasteiger charge is 2.23. The van der Waals surface area contributed by atoms with Crippen LogP contribution in [-0.2, 0) is 0 Å². The quantitative estimate of drug-likeness (QED) is 0.0845. The molecule has 0 aliphatic heterocycles. The van der Waals surface area contributed by atoms with E-state index in [0.717, 1.165) is 176 Å². The number of thiophene rings is 2. The number of hydrogen-bond acceptors (Lipinski definition) is 12. The molecule has 141 heavy (non-hydrogen) atoms. The monoisotopic (exact) mass is 1870 g/mol. The minimum absolute atomic E-state index is 0.108. The summed E-state index contributed by atoms with van der Waals surface area (Å²) in [4.78, 5) is 4.94. The summed E-state index contributed by atoms with van der Waals surface area (Å²) in [7, 11) is 0. The molecule has 12 heteroatoms. The fraction of sp³-hybridized carbons (Fsp3) is 0. The Bertz CT molecular complexity index is 10100. The largest absolute Gasteiger partial charge is 0.456 e. The van der Waals surface area contributed by atoms with Gasteiger partial charge in [0.05, 0.1) is 21.3 Å². The van der Waals surface area contributed by atoms with Crippen molar-refractivity contribution in [3.63, 3.8) is 0 Å². The molecule has 0 amide bonds. The Labute approximate surface area is 828 Å². The van der Waals surface area contributed by atoms with E-state index in [1.54, 1.807) is 11.3 Å². The van der Waals surface area contributed by atoms with Crippen molar-refractivity contribution in [2.75, 3.05) is 21.3 Å². The number of aromatic nitrogens is 1. The number of nitrogens with zero attached hydrogens (tertiary/aromatic N) is 1. The number of nitrogens with one attached hydrogen (secondary N) is 4. The van der Waals surface area contributed by atoms with E-state index in [1.807, 2.05) is 138 Å². The van der Waals surface area contributed by atoms with Crippen molar-refractivity contribution in [2.45, 2.75) is 0 Å². The number of para-hydroxylation sites is 5. The minimum Gasteiger partial charge on any atom is -0.456 e. The van der Waals surface area contributed by atoms with E-state index in [2.05, 4.69) is 361 Å². The van der Waals surface area contributed by atoms with Crippen LogP contribution >= 0.6 is 34.0 Å². The van der Waals surface area contributed by atoms with Gasteiger partial charge in [0.1, 0.15) is 49.7 Å². The summed E-state index contributed by atoms with van der Waals surface area (Å²) in [5.74, 6) is 0. The molecule has 666 valence electrons. The number of fused-ring (bicyclic) bond motifs is 21. The summed E-state index contributed by atoms with van der Waals surface area (Å²) in [6.07, 6.45) is 0. The number of furan rings is 4. The maximum Gasteiger partial charge on any atom is 0.145 e. The Hall–Kier alpha value is -17.9. The summed E-state index contributed by atoms with van der Waals surface area (Å²) in [6, 6.07) is 157. The lowest BCUT2D eigenvalue weighted by molar-refractivity contribution is 0.669. The second kappa shape index (κ2) is 36.0. The van der Waals surface area contributed by atoms with Gasteiger partial charge in [-0.3, -0.25) is 0 Å². The molecule has 29 rings (SSSR count). The number of anilines is 8. The molecule has 0 bridgehead atoms. The first-order valence-electron chi connectivity index (χ1n) is 48.9. The van der Waals surface area contributed by atoms with Gasteiger partial charge in [-0.1, -0.05) is 315 Å². The molecule has 4 N–H and O–H groups in total. The SMILES string of the molecule is [2H]c1c([2H])c([2H])c2c(oc3c(-c4ccc5ccccc5c4)cc(Nc4ccc(-c5ccccc5)cc4)cc32)c1[2H].c1ccc(-c2ccc(-c3cc(Nc4ccc5c(c4)sc4ccccc45)cc4c3oc3cc5ccccc5cc34)cc2)cc1.c1ccc(Nc2cc(-c3ccccc3)cc3sc4ccccc4c23)cc1.c1ccc2sc(-c3cc(Nc4ccc5oc6ccccc6c5c4)cc4c3oc3ccccc34)nc2c1. The molecule has 29 aromatic rings. The standard InChI is InChI=1S/C40H25NOS.C34H23NO.C31H18N2O2S.C24H17NS/c1-2-8-25(9-3-1)26-14-16-27(17-15-26)34-22-31(41-30-18-19-33-32-12-6-7-13-38(32)43-39(33)24-30)23-36-35-20-28-10-4-5-11-29(28)21-37(35)42-40(34)36;1-2-8-23(9-3-1)25-16-18-28(19-17-25)35-29-21-31(27-15-14-24-10-4-5-11-26(24)20-27)34-32(22-29)30-12-6-7-13-33(30)36-34;1-4-10-26-20(7-1)22-15-18(13-14-28(22)34-26)32-19-16-23-21-8-2-5-11-27(21)35-30(23)24(17-19)31-33-25-9-3-6-12-29(25)36-31;1-3-9-17(10-4-1)18-15-21(25-19-11-5-2-6-12-19)24-20-13-7-8-14-22(20)26-23(24)16-18/h1-24,41H;1-22,35H;1-17,32H;1-16,25H/i;6D,7D,12D,13D;;. The van der Waals surface area contributed by atoms with Crippen LogP contribution in [0.1, 0.15) is 5.48 Å². The molecular weight excluding hydrogens is 1780 g/mol. The highest BCUT2D eigenvalue weighted by atomic mass is 32.1. The molecule has 9 nitrogen and oxygen atoms in total. The predicted octanol–water partition coefficient (Wildman–Crippen LogP) is 39.0. The minimum atomic E-state index is -0.305. The summed E-state index contributed by atoms with van der Waals surface area (Å²) in [5.41, 5.74) is 27.1. The Morgan fingerprint density at radius 3 is 1.33 bits per heavy atom. The topological polar surface area (TPSA) is 114 Å². The van der Waals surface area contributed by atoms with Gasteiger partial charge in [0, 0.05) is 140 Å². The zero-order chi connectivity index (χ0) is 96.7. The Morgan fingerprint density at radius 1 is 0.206 bits per heavy atom. The molecule has 0 saturated carbocycles. The molecular formula is C129H83N5O4S3. The zero-order valence-electron chi connectivity index (χ0n) is 79.6. The highest BCUT2D eigenvalue weighted by molar-refractivity contribution is 7.26. The van der Waals surface area contributed by atoms with Crippen molar-refractivity contribution in [3.8, 4) is 66.2 Å². The zero-order valence-corrected chi connectivity index (χ0v) is 78.1. The molecule has 0 radical (unpaired) electrons. The average molecular weight is 1870 g/mol. The first-order chi connectivity index (χ1) is 71.4. The van der Waals surface area contributed by atoms with Crippen LogP contribution in [0, 0.1) is 0 Å². The van der Waals surface area contributed by atoms with Crippen LogP contribution in [0.4, 0.5) is 45.5 Å². The second-order valence-electron chi connectivity index (χ2n) is 35.2. The second-order valence-corrected chi connectivity index (χ2v) is 38.4. The number of thiazole rings is 1. The average Bonchev–Trinajstić information content (AvgIpc) is 1.58. The third kappa shape index (κ3) is 16.3. The fourth-order valence-corrected chi connectivity index (χ4v) is 22.8. The van der Waals surface area contributed by atoms with Gasteiger partial charge in [0.2, 0.25) is 0 Å². The van der Waals surface area contributed by atoms with Crippen molar-refractivity contribution >= 4 is 239 Å². The van der Waals surface area contributed by atoms with Crippen molar-refractivity contribution in [1.29, 1.82) is 0 Å².